The van der Waals surface area contributed by atoms with E-state index >= 15 is 0 Å². The first kappa shape index (κ1) is 19.1. The van der Waals surface area contributed by atoms with Gasteiger partial charge in [0.15, 0.2) is 0 Å². The molecule has 0 spiro atoms. The van der Waals surface area contributed by atoms with Gasteiger partial charge in [0.2, 0.25) is 10.0 Å². The molecule has 0 saturated carbocycles. The molecule has 10 heteroatoms. The van der Waals surface area contributed by atoms with Crippen molar-refractivity contribution < 1.29 is 25.6 Å². The molecule has 0 aliphatic rings. The SMILES string of the molecule is O=S(=O)(NCc1ccco1)c1cccc(NS(=O)(=O)c2ccccc2F)c1. The maximum absolute atomic E-state index is 13.8. The van der Waals surface area contributed by atoms with E-state index in [1.54, 1.807) is 12.1 Å². The van der Waals surface area contributed by atoms with Crippen molar-refractivity contribution in [3.8, 4) is 0 Å². The van der Waals surface area contributed by atoms with Gasteiger partial charge in [0.25, 0.3) is 10.0 Å². The van der Waals surface area contributed by atoms with E-state index in [0.717, 1.165) is 18.2 Å². The maximum Gasteiger partial charge on any atom is 0.264 e. The average Bonchev–Trinajstić information content (AvgIpc) is 3.14. The second-order valence-electron chi connectivity index (χ2n) is 5.47. The van der Waals surface area contributed by atoms with Gasteiger partial charge in [0, 0.05) is 0 Å². The summed E-state index contributed by atoms with van der Waals surface area (Å²) in [5.41, 5.74) is -0.0147. The molecule has 0 bridgehead atoms. The van der Waals surface area contributed by atoms with Crippen molar-refractivity contribution in [3.63, 3.8) is 0 Å². The molecule has 0 amide bonds. The predicted molar refractivity (Wildman–Crippen MR) is 96.4 cm³/mol. The number of benzene rings is 2. The monoisotopic (exact) mass is 410 g/mol. The van der Waals surface area contributed by atoms with Gasteiger partial charge >= 0.3 is 0 Å². The second kappa shape index (κ2) is 7.51. The number of hydrogen-bond donors (Lipinski definition) is 2. The Balaban J connectivity index is 1.82. The molecular formula is C17H15FN2O5S2. The molecule has 0 aliphatic carbocycles. The number of furan rings is 1. The summed E-state index contributed by atoms with van der Waals surface area (Å²) < 4.78 is 72.8. The van der Waals surface area contributed by atoms with Crippen molar-refractivity contribution in [1.29, 1.82) is 0 Å². The number of hydrogen-bond acceptors (Lipinski definition) is 5. The molecule has 0 saturated heterocycles. The Morgan fingerprint density at radius 3 is 2.37 bits per heavy atom. The Bertz CT molecular complexity index is 1140. The minimum atomic E-state index is -4.21. The van der Waals surface area contributed by atoms with Crippen LogP contribution in [0.15, 0.2) is 81.1 Å². The third-order valence-electron chi connectivity index (χ3n) is 3.54. The van der Waals surface area contributed by atoms with Crippen LogP contribution in [0.3, 0.4) is 0 Å². The van der Waals surface area contributed by atoms with Gasteiger partial charge in [-0.15, -0.1) is 0 Å². The third-order valence-corrected chi connectivity index (χ3v) is 6.35. The molecule has 142 valence electrons. The Hall–Kier alpha value is -2.69. The smallest absolute Gasteiger partial charge is 0.264 e. The number of sulfonamides is 2. The van der Waals surface area contributed by atoms with Crippen LogP contribution in [-0.4, -0.2) is 16.8 Å². The summed E-state index contributed by atoms with van der Waals surface area (Å²) in [6.45, 7) is -0.0550. The van der Waals surface area contributed by atoms with Crippen LogP contribution < -0.4 is 9.44 Å². The van der Waals surface area contributed by atoms with Gasteiger partial charge in [0.1, 0.15) is 16.5 Å². The summed E-state index contributed by atoms with van der Waals surface area (Å²) in [6.07, 6.45) is 1.42. The Morgan fingerprint density at radius 2 is 1.67 bits per heavy atom. The van der Waals surface area contributed by atoms with Gasteiger partial charge in [-0.3, -0.25) is 4.72 Å². The zero-order valence-electron chi connectivity index (χ0n) is 13.8. The van der Waals surface area contributed by atoms with E-state index in [-0.39, 0.29) is 17.1 Å². The highest BCUT2D eigenvalue weighted by molar-refractivity contribution is 7.92. The lowest BCUT2D eigenvalue weighted by atomic mass is 10.3. The fraction of sp³-hybridized carbons (Fsp3) is 0.0588. The minimum Gasteiger partial charge on any atom is -0.468 e. The first-order valence-corrected chi connectivity index (χ1v) is 10.6. The molecule has 27 heavy (non-hydrogen) atoms. The van der Waals surface area contributed by atoms with E-state index in [9.17, 15) is 21.2 Å². The Kier molecular flexibility index (Phi) is 5.31. The normalized spacial score (nSPS) is 12.0. The van der Waals surface area contributed by atoms with Crippen molar-refractivity contribution in [2.45, 2.75) is 16.3 Å². The van der Waals surface area contributed by atoms with Crippen LogP contribution >= 0.6 is 0 Å². The standard InChI is InChI=1S/C17H15FN2O5S2/c18-16-8-1-2-9-17(16)27(23,24)20-13-5-3-7-15(11-13)26(21,22)19-12-14-6-4-10-25-14/h1-11,19-20H,12H2. The average molecular weight is 410 g/mol. The van der Waals surface area contributed by atoms with E-state index in [2.05, 4.69) is 9.44 Å². The number of rotatable bonds is 7. The van der Waals surface area contributed by atoms with Crippen LogP contribution in [0, 0.1) is 5.82 Å². The Morgan fingerprint density at radius 1 is 0.889 bits per heavy atom. The molecule has 3 rings (SSSR count). The molecule has 0 aliphatic heterocycles. The van der Waals surface area contributed by atoms with Gasteiger partial charge in [-0.1, -0.05) is 18.2 Å². The summed E-state index contributed by atoms with van der Waals surface area (Å²) in [7, 11) is -8.12. The summed E-state index contributed by atoms with van der Waals surface area (Å²) in [6, 6.07) is 13.3. The highest BCUT2D eigenvalue weighted by Crippen LogP contribution is 2.21. The third kappa shape index (κ3) is 4.54. The zero-order valence-corrected chi connectivity index (χ0v) is 15.4. The molecule has 0 unspecified atom stereocenters. The molecule has 1 heterocycles. The number of halogens is 1. The van der Waals surface area contributed by atoms with Crippen molar-refractivity contribution >= 4 is 25.7 Å². The maximum atomic E-state index is 13.8. The van der Waals surface area contributed by atoms with Gasteiger partial charge in [-0.25, -0.2) is 25.9 Å². The minimum absolute atomic E-state index is 0.0147. The van der Waals surface area contributed by atoms with Crippen LogP contribution in [0.1, 0.15) is 5.76 Å². The summed E-state index contributed by atoms with van der Waals surface area (Å²) in [4.78, 5) is -0.683. The predicted octanol–water partition coefficient (Wildman–Crippen LogP) is 2.70. The van der Waals surface area contributed by atoms with E-state index < -0.39 is 30.8 Å². The van der Waals surface area contributed by atoms with Crippen LogP contribution in [0.2, 0.25) is 0 Å². The number of anilines is 1. The van der Waals surface area contributed by atoms with Crippen LogP contribution in [0.25, 0.3) is 0 Å². The zero-order chi connectivity index (χ0) is 19.5. The van der Waals surface area contributed by atoms with Gasteiger partial charge in [-0.05, 0) is 42.5 Å². The molecule has 3 aromatic rings. The first-order valence-electron chi connectivity index (χ1n) is 7.67. The van der Waals surface area contributed by atoms with Crippen molar-refractivity contribution in [3.05, 3.63) is 78.5 Å². The van der Waals surface area contributed by atoms with Crippen LogP contribution in [0.4, 0.5) is 10.1 Å². The fourth-order valence-corrected chi connectivity index (χ4v) is 4.43. The highest BCUT2D eigenvalue weighted by Gasteiger charge is 2.20. The Labute approximate surface area is 155 Å². The van der Waals surface area contributed by atoms with E-state index in [0.29, 0.717) is 5.76 Å². The molecule has 2 N–H and O–H groups in total. The van der Waals surface area contributed by atoms with E-state index in [4.69, 9.17) is 4.42 Å². The molecule has 2 aromatic carbocycles. The quantitative estimate of drug-likeness (QED) is 0.623. The van der Waals surface area contributed by atoms with Gasteiger partial charge < -0.3 is 4.42 Å². The summed E-state index contributed by atoms with van der Waals surface area (Å²) >= 11 is 0. The summed E-state index contributed by atoms with van der Waals surface area (Å²) in [5.74, 6) is -0.483. The largest absolute Gasteiger partial charge is 0.468 e. The molecule has 0 fully saturated rings. The lowest BCUT2D eigenvalue weighted by molar-refractivity contribution is 0.498. The second-order valence-corrected chi connectivity index (χ2v) is 8.89. The van der Waals surface area contributed by atoms with Gasteiger partial charge in [0.05, 0.1) is 23.4 Å². The molecule has 7 nitrogen and oxygen atoms in total. The first-order chi connectivity index (χ1) is 12.8. The molecular weight excluding hydrogens is 395 g/mol. The molecule has 1 aromatic heterocycles. The molecule has 0 atom stereocenters. The van der Waals surface area contributed by atoms with Crippen molar-refractivity contribution in [2.24, 2.45) is 0 Å². The van der Waals surface area contributed by atoms with Crippen LogP contribution in [-0.2, 0) is 26.6 Å². The van der Waals surface area contributed by atoms with Crippen molar-refractivity contribution in [2.75, 3.05) is 4.72 Å². The van der Waals surface area contributed by atoms with E-state index in [1.807, 2.05) is 0 Å². The number of nitrogens with one attached hydrogen (secondary N) is 2. The lowest BCUT2D eigenvalue weighted by Crippen LogP contribution is -2.23. The summed E-state index contributed by atoms with van der Waals surface area (Å²) in [5, 5.41) is 0. The fourth-order valence-electron chi connectivity index (χ4n) is 2.26. The van der Waals surface area contributed by atoms with Crippen LogP contribution in [0.5, 0.6) is 0 Å². The van der Waals surface area contributed by atoms with Gasteiger partial charge in [-0.2, -0.15) is 0 Å². The topological polar surface area (TPSA) is 105 Å². The van der Waals surface area contributed by atoms with E-state index in [1.165, 1.54) is 36.6 Å². The molecule has 0 radical (unpaired) electrons. The highest BCUT2D eigenvalue weighted by atomic mass is 32.2. The van der Waals surface area contributed by atoms with Crippen molar-refractivity contribution in [1.82, 2.24) is 4.72 Å². The lowest BCUT2D eigenvalue weighted by Gasteiger charge is -2.11.